The molecule has 116 valence electrons. The molecule has 0 amide bonds. The summed E-state index contributed by atoms with van der Waals surface area (Å²) < 4.78 is 0. The van der Waals surface area contributed by atoms with Gasteiger partial charge in [-0.05, 0) is 19.9 Å². The zero-order valence-corrected chi connectivity index (χ0v) is 12.8. The molecule has 1 aromatic rings. The van der Waals surface area contributed by atoms with Crippen LogP contribution < -0.4 is 15.6 Å². The molecule has 0 atom stereocenters. The van der Waals surface area contributed by atoms with Crippen LogP contribution in [-0.4, -0.2) is 78.2 Å². The van der Waals surface area contributed by atoms with Gasteiger partial charge in [-0.3, -0.25) is 5.43 Å². The van der Waals surface area contributed by atoms with E-state index in [0.29, 0.717) is 11.9 Å². The molecule has 0 unspecified atom stereocenters. The van der Waals surface area contributed by atoms with Crippen LogP contribution in [0.3, 0.4) is 0 Å². The SMILES string of the molecule is CNc1nc(NN2CCN(C)CC2)nc(N2CCCC2)n1. The van der Waals surface area contributed by atoms with Crippen molar-refractivity contribution in [2.75, 3.05) is 69.0 Å². The summed E-state index contributed by atoms with van der Waals surface area (Å²) in [6, 6.07) is 0. The second-order valence-corrected chi connectivity index (χ2v) is 5.63. The third-order valence-corrected chi connectivity index (χ3v) is 4.00. The molecule has 0 spiro atoms. The molecule has 2 fully saturated rings. The molecule has 8 nitrogen and oxygen atoms in total. The second kappa shape index (κ2) is 6.40. The minimum absolute atomic E-state index is 0.614. The highest BCUT2D eigenvalue weighted by molar-refractivity contribution is 5.43. The summed E-state index contributed by atoms with van der Waals surface area (Å²) in [7, 11) is 3.98. The largest absolute Gasteiger partial charge is 0.357 e. The van der Waals surface area contributed by atoms with Gasteiger partial charge in [0.1, 0.15) is 0 Å². The Morgan fingerprint density at radius 2 is 1.52 bits per heavy atom. The monoisotopic (exact) mass is 292 g/mol. The molecule has 2 aliphatic heterocycles. The van der Waals surface area contributed by atoms with Gasteiger partial charge < -0.3 is 15.1 Å². The molecule has 0 aromatic carbocycles. The van der Waals surface area contributed by atoms with Crippen molar-refractivity contribution in [2.45, 2.75) is 12.8 Å². The predicted molar refractivity (Wildman–Crippen MR) is 83.5 cm³/mol. The Kier molecular flexibility index (Phi) is 4.35. The average molecular weight is 292 g/mol. The maximum Gasteiger partial charge on any atom is 0.244 e. The highest BCUT2D eigenvalue weighted by Crippen LogP contribution is 2.18. The van der Waals surface area contributed by atoms with E-state index in [-0.39, 0.29) is 0 Å². The van der Waals surface area contributed by atoms with Crippen LogP contribution in [0.15, 0.2) is 0 Å². The lowest BCUT2D eigenvalue weighted by Gasteiger charge is -2.32. The number of nitrogens with zero attached hydrogens (tertiary/aromatic N) is 6. The van der Waals surface area contributed by atoms with Crippen molar-refractivity contribution in [2.24, 2.45) is 0 Å². The maximum absolute atomic E-state index is 4.57. The van der Waals surface area contributed by atoms with E-state index in [1.807, 2.05) is 7.05 Å². The molecule has 3 heterocycles. The number of likely N-dealkylation sites (N-methyl/N-ethyl adjacent to an activating group) is 1. The minimum atomic E-state index is 0.614. The van der Waals surface area contributed by atoms with Gasteiger partial charge in [0, 0.05) is 46.3 Å². The van der Waals surface area contributed by atoms with E-state index in [1.165, 1.54) is 12.8 Å². The summed E-state index contributed by atoms with van der Waals surface area (Å²) in [6.07, 6.45) is 2.42. The molecule has 21 heavy (non-hydrogen) atoms. The molecular weight excluding hydrogens is 268 g/mol. The molecule has 0 bridgehead atoms. The average Bonchev–Trinajstić information content (AvgIpc) is 3.04. The van der Waals surface area contributed by atoms with Crippen molar-refractivity contribution in [1.29, 1.82) is 0 Å². The van der Waals surface area contributed by atoms with E-state index < -0.39 is 0 Å². The van der Waals surface area contributed by atoms with Crippen molar-refractivity contribution >= 4 is 17.8 Å². The fraction of sp³-hybridized carbons (Fsp3) is 0.769. The molecule has 2 N–H and O–H groups in total. The van der Waals surface area contributed by atoms with Crippen LogP contribution in [-0.2, 0) is 0 Å². The molecule has 3 rings (SSSR count). The standard InChI is InChI=1S/C13H24N8/c1-14-11-15-12(18-21-9-7-19(2)8-10-21)17-13(16-11)20-5-3-4-6-20/h3-10H2,1-2H3,(H2,14,15,16,17,18). The van der Waals surface area contributed by atoms with Gasteiger partial charge in [0.2, 0.25) is 17.8 Å². The lowest BCUT2D eigenvalue weighted by Crippen LogP contribution is -2.47. The summed E-state index contributed by atoms with van der Waals surface area (Å²) in [5.74, 6) is 2.01. The number of hydrazine groups is 1. The van der Waals surface area contributed by atoms with E-state index in [9.17, 15) is 0 Å². The number of hydrogen-bond donors (Lipinski definition) is 2. The first-order valence-electron chi connectivity index (χ1n) is 7.63. The van der Waals surface area contributed by atoms with Gasteiger partial charge in [-0.25, -0.2) is 5.01 Å². The highest BCUT2D eigenvalue weighted by Gasteiger charge is 2.19. The summed E-state index contributed by atoms with van der Waals surface area (Å²) in [4.78, 5) is 18.0. The Morgan fingerprint density at radius 1 is 0.857 bits per heavy atom. The zero-order chi connectivity index (χ0) is 14.7. The van der Waals surface area contributed by atoms with Crippen LogP contribution in [0.2, 0.25) is 0 Å². The van der Waals surface area contributed by atoms with Gasteiger partial charge in [0.25, 0.3) is 0 Å². The lowest BCUT2D eigenvalue weighted by molar-refractivity contribution is 0.178. The third kappa shape index (κ3) is 3.51. The van der Waals surface area contributed by atoms with Gasteiger partial charge >= 0.3 is 0 Å². The van der Waals surface area contributed by atoms with Crippen LogP contribution in [0.1, 0.15) is 12.8 Å². The molecule has 0 radical (unpaired) electrons. The smallest absolute Gasteiger partial charge is 0.244 e. The van der Waals surface area contributed by atoms with E-state index in [2.05, 4.69) is 47.6 Å². The van der Waals surface area contributed by atoms with E-state index in [0.717, 1.165) is 45.2 Å². The van der Waals surface area contributed by atoms with Gasteiger partial charge in [-0.15, -0.1) is 0 Å². The molecule has 0 aliphatic carbocycles. The van der Waals surface area contributed by atoms with Gasteiger partial charge in [0.15, 0.2) is 0 Å². The topological polar surface area (TPSA) is 72.5 Å². The zero-order valence-electron chi connectivity index (χ0n) is 12.8. The summed E-state index contributed by atoms with van der Waals surface area (Å²) in [6.45, 7) is 6.10. The summed E-state index contributed by atoms with van der Waals surface area (Å²) in [5, 5.41) is 5.19. The first-order chi connectivity index (χ1) is 10.2. The van der Waals surface area contributed by atoms with Gasteiger partial charge in [0.05, 0.1) is 0 Å². The normalized spacial score (nSPS) is 20.8. The van der Waals surface area contributed by atoms with Crippen molar-refractivity contribution in [1.82, 2.24) is 24.9 Å². The summed E-state index contributed by atoms with van der Waals surface area (Å²) >= 11 is 0. The molecule has 2 aliphatic rings. The molecular formula is C13H24N8. The Hall–Kier alpha value is -1.67. The Morgan fingerprint density at radius 3 is 2.19 bits per heavy atom. The van der Waals surface area contributed by atoms with Crippen LogP contribution in [0.4, 0.5) is 17.8 Å². The molecule has 8 heteroatoms. The number of rotatable bonds is 4. The Bertz CT molecular complexity index is 465. The van der Waals surface area contributed by atoms with E-state index in [4.69, 9.17) is 0 Å². The Balaban J connectivity index is 1.72. The van der Waals surface area contributed by atoms with Crippen LogP contribution in [0.25, 0.3) is 0 Å². The van der Waals surface area contributed by atoms with Crippen molar-refractivity contribution in [3.8, 4) is 0 Å². The fourth-order valence-electron chi connectivity index (χ4n) is 2.64. The first-order valence-corrected chi connectivity index (χ1v) is 7.63. The number of anilines is 3. The number of piperazine rings is 1. The second-order valence-electron chi connectivity index (χ2n) is 5.63. The van der Waals surface area contributed by atoms with Crippen molar-refractivity contribution < 1.29 is 0 Å². The number of nitrogens with one attached hydrogen (secondary N) is 2. The van der Waals surface area contributed by atoms with Crippen LogP contribution in [0.5, 0.6) is 0 Å². The highest BCUT2D eigenvalue weighted by atomic mass is 15.6. The van der Waals surface area contributed by atoms with Crippen LogP contribution in [0, 0.1) is 0 Å². The maximum atomic E-state index is 4.57. The number of aromatic nitrogens is 3. The van der Waals surface area contributed by atoms with Crippen molar-refractivity contribution in [3.63, 3.8) is 0 Å². The van der Waals surface area contributed by atoms with E-state index in [1.54, 1.807) is 0 Å². The van der Waals surface area contributed by atoms with Crippen molar-refractivity contribution in [3.05, 3.63) is 0 Å². The van der Waals surface area contributed by atoms with Gasteiger partial charge in [-0.1, -0.05) is 0 Å². The third-order valence-electron chi connectivity index (χ3n) is 4.00. The summed E-state index contributed by atoms with van der Waals surface area (Å²) in [5.41, 5.74) is 3.32. The van der Waals surface area contributed by atoms with Gasteiger partial charge in [-0.2, -0.15) is 15.0 Å². The lowest BCUT2D eigenvalue weighted by atomic mass is 10.4. The predicted octanol–water partition coefficient (Wildman–Crippen LogP) is 0.0878. The first kappa shape index (κ1) is 14.3. The quantitative estimate of drug-likeness (QED) is 0.809. The molecule has 0 saturated carbocycles. The number of hydrogen-bond acceptors (Lipinski definition) is 8. The van der Waals surface area contributed by atoms with E-state index >= 15 is 0 Å². The minimum Gasteiger partial charge on any atom is -0.357 e. The fourth-order valence-corrected chi connectivity index (χ4v) is 2.64. The molecule has 2 saturated heterocycles. The molecule has 1 aromatic heterocycles. The Labute approximate surface area is 125 Å². The van der Waals surface area contributed by atoms with Crippen LogP contribution >= 0.6 is 0 Å².